The molecule has 0 radical (unpaired) electrons. The molecule has 0 N–H and O–H groups in total. The summed E-state index contributed by atoms with van der Waals surface area (Å²) >= 11 is 0. The summed E-state index contributed by atoms with van der Waals surface area (Å²) in [6.07, 6.45) is 1.46. The third kappa shape index (κ3) is 2.02. The molecule has 0 saturated heterocycles. The number of rotatable bonds is 2. The highest BCUT2D eigenvalue weighted by Gasteiger charge is 2.16. The Labute approximate surface area is 95.9 Å². The van der Waals surface area contributed by atoms with Gasteiger partial charge in [-0.3, -0.25) is 0 Å². The summed E-state index contributed by atoms with van der Waals surface area (Å²) in [7, 11) is 0. The van der Waals surface area contributed by atoms with E-state index in [0.717, 1.165) is 12.1 Å². The second-order valence-corrected chi connectivity index (χ2v) is 3.91. The molecular weight excluding hydrogens is 231 g/mol. The Morgan fingerprint density at radius 1 is 1.12 bits per heavy atom. The first kappa shape index (κ1) is 11.6. The fourth-order valence-electron chi connectivity index (χ4n) is 1.51. The number of hydrogen-bond acceptors (Lipinski definition) is 2. The Morgan fingerprint density at radius 2 is 1.71 bits per heavy atom. The third-order valence-corrected chi connectivity index (χ3v) is 2.37. The lowest BCUT2D eigenvalue weighted by atomic mass is 10.2. The zero-order valence-corrected chi connectivity index (χ0v) is 9.28. The highest BCUT2D eigenvalue weighted by atomic mass is 19.2. The van der Waals surface area contributed by atoms with Crippen molar-refractivity contribution in [2.75, 3.05) is 0 Å². The molecule has 3 nitrogen and oxygen atoms in total. The van der Waals surface area contributed by atoms with E-state index in [2.05, 4.69) is 10.2 Å². The van der Waals surface area contributed by atoms with Crippen LogP contribution in [0.3, 0.4) is 0 Å². The van der Waals surface area contributed by atoms with Gasteiger partial charge in [-0.2, -0.15) is 0 Å². The first-order valence-electron chi connectivity index (χ1n) is 5.05. The fraction of sp³-hybridized carbons (Fsp3) is 0.273. The molecule has 0 fully saturated rings. The van der Waals surface area contributed by atoms with E-state index in [0.29, 0.717) is 5.82 Å². The van der Waals surface area contributed by atoms with Crippen molar-refractivity contribution in [2.24, 2.45) is 0 Å². The summed E-state index contributed by atoms with van der Waals surface area (Å²) < 4.78 is 40.6. The second-order valence-electron chi connectivity index (χ2n) is 3.91. The first-order chi connectivity index (χ1) is 8.00. The summed E-state index contributed by atoms with van der Waals surface area (Å²) in [6.45, 7) is 3.76. The number of benzene rings is 1. The van der Waals surface area contributed by atoms with E-state index in [9.17, 15) is 13.2 Å². The molecule has 6 heteroatoms. The van der Waals surface area contributed by atoms with Crippen molar-refractivity contribution >= 4 is 0 Å². The van der Waals surface area contributed by atoms with Crippen molar-refractivity contribution in [1.29, 1.82) is 0 Å². The minimum Gasteiger partial charge on any atom is -0.311 e. The molecule has 0 aliphatic heterocycles. The largest absolute Gasteiger partial charge is 0.311 e. The number of halogens is 3. The molecule has 0 unspecified atom stereocenters. The van der Waals surface area contributed by atoms with Gasteiger partial charge in [-0.15, -0.1) is 10.2 Å². The summed E-state index contributed by atoms with van der Waals surface area (Å²) in [4.78, 5) is 0. The average Bonchev–Trinajstić information content (AvgIpc) is 2.74. The van der Waals surface area contributed by atoms with Crippen LogP contribution in [-0.2, 0) is 0 Å². The van der Waals surface area contributed by atoms with Gasteiger partial charge in [-0.05, 0) is 26.0 Å². The van der Waals surface area contributed by atoms with Crippen molar-refractivity contribution in [3.63, 3.8) is 0 Å². The van der Waals surface area contributed by atoms with Crippen LogP contribution in [0, 0.1) is 17.5 Å². The monoisotopic (exact) mass is 241 g/mol. The molecular formula is C11H10F3N3. The van der Waals surface area contributed by atoms with Crippen LogP contribution in [-0.4, -0.2) is 14.8 Å². The fourth-order valence-corrected chi connectivity index (χ4v) is 1.51. The zero-order valence-electron chi connectivity index (χ0n) is 9.28. The van der Waals surface area contributed by atoms with Gasteiger partial charge in [0.2, 0.25) is 0 Å². The van der Waals surface area contributed by atoms with Gasteiger partial charge in [0.25, 0.3) is 0 Å². The number of hydrogen-bond donors (Lipinski definition) is 0. The number of aromatic nitrogens is 3. The van der Waals surface area contributed by atoms with Crippen molar-refractivity contribution < 1.29 is 13.2 Å². The third-order valence-electron chi connectivity index (χ3n) is 2.37. The van der Waals surface area contributed by atoms with Gasteiger partial charge in [-0.25, -0.2) is 13.2 Å². The molecule has 90 valence electrons. The maximum atomic E-state index is 13.1. The summed E-state index contributed by atoms with van der Waals surface area (Å²) in [5, 5.41) is 7.45. The standard InChI is InChI=1S/C11H10F3N3/c1-6(2)17-5-15-16-11(17)7-3-8(12)10(14)9(13)4-7/h3-6H,1-2H3. The summed E-state index contributed by atoms with van der Waals surface area (Å²) in [6, 6.07) is 1.85. The predicted molar refractivity (Wildman–Crippen MR) is 55.7 cm³/mol. The van der Waals surface area contributed by atoms with Crippen LogP contribution in [0.25, 0.3) is 11.4 Å². The molecule has 1 aromatic heterocycles. The molecule has 0 aliphatic carbocycles. The van der Waals surface area contributed by atoms with E-state index in [-0.39, 0.29) is 11.6 Å². The normalized spacial score (nSPS) is 11.2. The van der Waals surface area contributed by atoms with Crippen LogP contribution in [0.5, 0.6) is 0 Å². The molecule has 2 aromatic rings. The van der Waals surface area contributed by atoms with E-state index in [1.807, 2.05) is 13.8 Å². The molecule has 0 aliphatic rings. The van der Waals surface area contributed by atoms with Crippen molar-refractivity contribution in [2.45, 2.75) is 19.9 Å². The van der Waals surface area contributed by atoms with Crippen LogP contribution >= 0.6 is 0 Å². The minimum atomic E-state index is -1.48. The molecule has 0 amide bonds. The van der Waals surface area contributed by atoms with Gasteiger partial charge >= 0.3 is 0 Å². The lowest BCUT2D eigenvalue weighted by Crippen LogP contribution is -2.03. The molecule has 17 heavy (non-hydrogen) atoms. The van der Waals surface area contributed by atoms with Crippen LogP contribution in [0.15, 0.2) is 18.5 Å². The molecule has 1 aromatic carbocycles. The van der Waals surface area contributed by atoms with E-state index >= 15 is 0 Å². The molecule has 0 atom stereocenters. The maximum absolute atomic E-state index is 13.1. The average molecular weight is 241 g/mol. The number of nitrogens with zero attached hydrogens (tertiary/aromatic N) is 3. The lowest BCUT2D eigenvalue weighted by molar-refractivity contribution is 0.447. The van der Waals surface area contributed by atoms with Gasteiger partial charge in [0.1, 0.15) is 6.33 Å². The van der Waals surface area contributed by atoms with Gasteiger partial charge in [0, 0.05) is 11.6 Å². The molecule has 0 bridgehead atoms. The van der Waals surface area contributed by atoms with Crippen LogP contribution < -0.4 is 0 Å². The summed E-state index contributed by atoms with van der Waals surface area (Å²) in [5.41, 5.74) is 0.160. The van der Waals surface area contributed by atoms with Crippen molar-refractivity contribution in [1.82, 2.24) is 14.8 Å². The van der Waals surface area contributed by atoms with Crippen LogP contribution in [0.4, 0.5) is 13.2 Å². The van der Waals surface area contributed by atoms with Crippen LogP contribution in [0.2, 0.25) is 0 Å². The quantitative estimate of drug-likeness (QED) is 0.757. The zero-order chi connectivity index (χ0) is 12.6. The summed E-state index contributed by atoms with van der Waals surface area (Å²) in [5.74, 6) is -3.65. The topological polar surface area (TPSA) is 30.7 Å². The smallest absolute Gasteiger partial charge is 0.194 e. The molecule has 1 heterocycles. The minimum absolute atomic E-state index is 0.0381. The van der Waals surface area contributed by atoms with Gasteiger partial charge in [0.05, 0.1) is 0 Å². The van der Waals surface area contributed by atoms with E-state index in [1.165, 1.54) is 6.33 Å². The lowest BCUT2D eigenvalue weighted by Gasteiger charge is -2.10. The van der Waals surface area contributed by atoms with E-state index in [4.69, 9.17) is 0 Å². The van der Waals surface area contributed by atoms with Gasteiger partial charge in [-0.1, -0.05) is 0 Å². The second kappa shape index (κ2) is 4.20. The van der Waals surface area contributed by atoms with Crippen molar-refractivity contribution in [3.8, 4) is 11.4 Å². The Hall–Kier alpha value is -1.85. The molecule has 2 rings (SSSR count). The van der Waals surface area contributed by atoms with E-state index < -0.39 is 17.5 Å². The van der Waals surface area contributed by atoms with Crippen LogP contribution in [0.1, 0.15) is 19.9 Å². The van der Waals surface area contributed by atoms with Crippen molar-refractivity contribution in [3.05, 3.63) is 35.9 Å². The molecule has 0 saturated carbocycles. The van der Waals surface area contributed by atoms with Gasteiger partial charge < -0.3 is 4.57 Å². The Kier molecular flexibility index (Phi) is 2.87. The first-order valence-corrected chi connectivity index (χ1v) is 5.05. The highest BCUT2D eigenvalue weighted by Crippen LogP contribution is 2.23. The Balaban J connectivity index is 2.57. The molecule has 0 spiro atoms. The van der Waals surface area contributed by atoms with E-state index in [1.54, 1.807) is 4.57 Å². The SMILES string of the molecule is CC(C)n1cnnc1-c1cc(F)c(F)c(F)c1. The predicted octanol–water partition coefficient (Wildman–Crippen LogP) is 2.94. The Morgan fingerprint density at radius 3 is 2.24 bits per heavy atom. The van der Waals surface area contributed by atoms with Gasteiger partial charge in [0.15, 0.2) is 23.3 Å². The maximum Gasteiger partial charge on any atom is 0.194 e. The highest BCUT2D eigenvalue weighted by molar-refractivity contribution is 5.55. The Bertz CT molecular complexity index is 526.